The van der Waals surface area contributed by atoms with Gasteiger partial charge in [0.2, 0.25) is 0 Å². The minimum Gasteiger partial charge on any atom is -0.396 e. The Hall–Kier alpha value is -0.120. The molecule has 1 aliphatic rings. The van der Waals surface area contributed by atoms with Crippen molar-refractivity contribution in [1.29, 1.82) is 0 Å². The number of aliphatic hydroxyl groups excluding tert-OH is 1. The fourth-order valence-corrected chi connectivity index (χ4v) is 1.96. The van der Waals surface area contributed by atoms with Gasteiger partial charge in [0.1, 0.15) is 0 Å². The summed E-state index contributed by atoms with van der Waals surface area (Å²) in [6.07, 6.45) is 3.24. The van der Waals surface area contributed by atoms with Crippen LogP contribution in [0.25, 0.3) is 0 Å². The van der Waals surface area contributed by atoms with E-state index in [1.807, 2.05) is 0 Å². The Morgan fingerprint density at radius 3 is 2.60 bits per heavy atom. The minimum absolute atomic E-state index is 0.208. The fourth-order valence-electron chi connectivity index (χ4n) is 1.96. The fraction of sp³-hybridized carbons (Fsp3) is 1.00. The topological polar surface area (TPSA) is 41.5 Å². The third kappa shape index (κ3) is 5.50. The van der Waals surface area contributed by atoms with Crippen LogP contribution in [0, 0.1) is 11.3 Å². The molecule has 15 heavy (non-hydrogen) atoms. The lowest BCUT2D eigenvalue weighted by Crippen LogP contribution is -2.35. The maximum Gasteiger partial charge on any atom is 0.0469 e. The van der Waals surface area contributed by atoms with Crippen LogP contribution in [0.4, 0.5) is 0 Å². The summed E-state index contributed by atoms with van der Waals surface area (Å²) in [5.74, 6) is 0.781. The Balaban J connectivity index is 2.09. The molecule has 3 nitrogen and oxygen atoms in total. The lowest BCUT2D eigenvalue weighted by atomic mass is 9.89. The van der Waals surface area contributed by atoms with Gasteiger partial charge in [-0.15, -0.1) is 0 Å². The quantitative estimate of drug-likeness (QED) is 0.704. The smallest absolute Gasteiger partial charge is 0.0469 e. The number of rotatable bonds is 6. The predicted molar refractivity (Wildman–Crippen MR) is 61.9 cm³/mol. The van der Waals surface area contributed by atoms with Crippen molar-refractivity contribution in [1.82, 2.24) is 5.32 Å². The highest BCUT2D eigenvalue weighted by atomic mass is 16.5. The number of ether oxygens (including phenoxy) is 1. The van der Waals surface area contributed by atoms with Crippen molar-refractivity contribution in [2.24, 2.45) is 11.3 Å². The first kappa shape index (κ1) is 12.9. The van der Waals surface area contributed by atoms with Crippen LogP contribution in [0.2, 0.25) is 0 Å². The Kier molecular flexibility index (Phi) is 5.58. The molecule has 1 heterocycles. The maximum absolute atomic E-state index is 8.91. The molecule has 0 aromatic heterocycles. The molecule has 2 N–H and O–H groups in total. The molecule has 0 atom stereocenters. The second-order valence-corrected chi connectivity index (χ2v) is 5.32. The average molecular weight is 215 g/mol. The average Bonchev–Trinajstić information content (AvgIpc) is 2.19. The molecule has 0 amide bonds. The zero-order chi connectivity index (χ0) is 11.1. The van der Waals surface area contributed by atoms with Crippen molar-refractivity contribution in [2.45, 2.75) is 33.1 Å². The molecular formula is C12H25NO2. The molecule has 0 aromatic carbocycles. The van der Waals surface area contributed by atoms with Crippen LogP contribution in [0.1, 0.15) is 33.1 Å². The minimum atomic E-state index is 0.208. The highest BCUT2D eigenvalue weighted by Crippen LogP contribution is 2.19. The van der Waals surface area contributed by atoms with Crippen LogP contribution in [0.15, 0.2) is 0 Å². The van der Waals surface area contributed by atoms with Crippen LogP contribution in [-0.4, -0.2) is 38.0 Å². The van der Waals surface area contributed by atoms with Crippen LogP contribution < -0.4 is 5.32 Å². The lowest BCUT2D eigenvalue weighted by Gasteiger charge is -2.27. The van der Waals surface area contributed by atoms with Gasteiger partial charge in [0, 0.05) is 26.4 Å². The van der Waals surface area contributed by atoms with E-state index >= 15 is 0 Å². The Labute approximate surface area is 93.2 Å². The standard InChI is InChI=1S/C12H25NO2/c1-12(2,5-6-14)10-13-9-11-3-7-15-8-4-11/h11,13-14H,3-10H2,1-2H3. The van der Waals surface area contributed by atoms with Crippen molar-refractivity contribution < 1.29 is 9.84 Å². The molecule has 0 unspecified atom stereocenters. The van der Waals surface area contributed by atoms with Gasteiger partial charge in [-0.3, -0.25) is 0 Å². The zero-order valence-electron chi connectivity index (χ0n) is 10.1. The van der Waals surface area contributed by atoms with Gasteiger partial charge >= 0.3 is 0 Å². The number of aliphatic hydroxyl groups is 1. The van der Waals surface area contributed by atoms with Crippen molar-refractivity contribution >= 4 is 0 Å². The Morgan fingerprint density at radius 1 is 1.33 bits per heavy atom. The number of nitrogens with one attached hydrogen (secondary N) is 1. The summed E-state index contributed by atoms with van der Waals surface area (Å²) < 4.78 is 5.32. The monoisotopic (exact) mass is 215 g/mol. The normalized spacial score (nSPS) is 19.4. The first-order valence-electron chi connectivity index (χ1n) is 6.03. The van der Waals surface area contributed by atoms with Crippen molar-refractivity contribution in [3.63, 3.8) is 0 Å². The highest BCUT2D eigenvalue weighted by molar-refractivity contribution is 4.73. The van der Waals surface area contributed by atoms with Crippen LogP contribution in [-0.2, 0) is 4.74 Å². The zero-order valence-corrected chi connectivity index (χ0v) is 10.1. The Bertz CT molecular complexity index is 165. The predicted octanol–water partition coefficient (Wildman–Crippen LogP) is 1.41. The molecular weight excluding hydrogens is 190 g/mol. The van der Waals surface area contributed by atoms with Gasteiger partial charge < -0.3 is 15.2 Å². The van der Waals surface area contributed by atoms with Gasteiger partial charge in [-0.05, 0) is 37.1 Å². The summed E-state index contributed by atoms with van der Waals surface area (Å²) in [5.41, 5.74) is 0.208. The summed E-state index contributed by atoms with van der Waals surface area (Å²) in [6.45, 7) is 8.61. The number of hydrogen-bond acceptors (Lipinski definition) is 3. The molecule has 0 spiro atoms. The third-order valence-corrected chi connectivity index (χ3v) is 3.17. The van der Waals surface area contributed by atoms with E-state index in [2.05, 4.69) is 19.2 Å². The molecule has 0 bridgehead atoms. The summed E-state index contributed by atoms with van der Waals surface area (Å²) >= 11 is 0. The molecule has 1 fully saturated rings. The van der Waals surface area contributed by atoms with Gasteiger partial charge in [0.25, 0.3) is 0 Å². The molecule has 1 aliphatic heterocycles. The number of hydrogen-bond donors (Lipinski definition) is 2. The van der Waals surface area contributed by atoms with Gasteiger partial charge in [-0.1, -0.05) is 13.8 Å². The van der Waals surface area contributed by atoms with Crippen molar-refractivity contribution in [3.05, 3.63) is 0 Å². The first-order chi connectivity index (χ1) is 7.14. The molecule has 0 aromatic rings. The SMILES string of the molecule is CC(C)(CCO)CNCC1CCOCC1. The molecule has 1 saturated heterocycles. The molecule has 0 radical (unpaired) electrons. The van der Waals surface area contributed by atoms with E-state index in [0.29, 0.717) is 0 Å². The highest BCUT2D eigenvalue weighted by Gasteiger charge is 2.18. The molecule has 0 saturated carbocycles. The second-order valence-electron chi connectivity index (χ2n) is 5.32. The summed E-state index contributed by atoms with van der Waals surface area (Å²) in [7, 11) is 0. The largest absolute Gasteiger partial charge is 0.396 e. The second kappa shape index (κ2) is 6.46. The van der Waals surface area contributed by atoms with E-state index in [0.717, 1.165) is 38.6 Å². The van der Waals surface area contributed by atoms with Gasteiger partial charge in [-0.2, -0.15) is 0 Å². The molecule has 0 aliphatic carbocycles. The van der Waals surface area contributed by atoms with E-state index in [1.165, 1.54) is 12.8 Å². The van der Waals surface area contributed by atoms with Crippen LogP contribution in [0.5, 0.6) is 0 Å². The van der Waals surface area contributed by atoms with E-state index in [4.69, 9.17) is 9.84 Å². The van der Waals surface area contributed by atoms with Crippen molar-refractivity contribution in [2.75, 3.05) is 32.9 Å². The van der Waals surface area contributed by atoms with E-state index in [-0.39, 0.29) is 12.0 Å². The van der Waals surface area contributed by atoms with Crippen LogP contribution in [0.3, 0.4) is 0 Å². The summed E-state index contributed by atoms with van der Waals surface area (Å²) in [4.78, 5) is 0. The van der Waals surface area contributed by atoms with E-state index < -0.39 is 0 Å². The van der Waals surface area contributed by atoms with Gasteiger partial charge in [0.05, 0.1) is 0 Å². The Morgan fingerprint density at radius 2 is 2.00 bits per heavy atom. The van der Waals surface area contributed by atoms with Crippen LogP contribution >= 0.6 is 0 Å². The van der Waals surface area contributed by atoms with Gasteiger partial charge in [-0.25, -0.2) is 0 Å². The summed E-state index contributed by atoms with van der Waals surface area (Å²) in [5, 5.41) is 12.4. The molecule has 1 rings (SSSR count). The first-order valence-corrected chi connectivity index (χ1v) is 6.03. The molecule has 3 heteroatoms. The summed E-state index contributed by atoms with van der Waals surface area (Å²) in [6, 6.07) is 0. The maximum atomic E-state index is 8.91. The van der Waals surface area contributed by atoms with E-state index in [1.54, 1.807) is 0 Å². The van der Waals surface area contributed by atoms with Crippen molar-refractivity contribution in [3.8, 4) is 0 Å². The van der Waals surface area contributed by atoms with E-state index in [9.17, 15) is 0 Å². The third-order valence-electron chi connectivity index (χ3n) is 3.17. The molecule has 90 valence electrons. The van der Waals surface area contributed by atoms with Gasteiger partial charge in [0.15, 0.2) is 0 Å². The lowest BCUT2D eigenvalue weighted by molar-refractivity contribution is 0.0653.